The Morgan fingerprint density at radius 1 is 1.18 bits per heavy atom. The van der Waals surface area contributed by atoms with Gasteiger partial charge in [0.25, 0.3) is 0 Å². The molecule has 4 rings (SSSR count). The Morgan fingerprint density at radius 3 is 2.82 bits per heavy atom. The molecule has 0 saturated heterocycles. The Hall–Kier alpha value is -2.13. The molecule has 7 nitrogen and oxygen atoms in total. The van der Waals surface area contributed by atoms with Crippen molar-refractivity contribution in [2.75, 3.05) is 14.2 Å². The minimum atomic E-state index is 0.675. The number of hydrogen-bond donors (Lipinski definition) is 0. The topological polar surface area (TPSA) is 66.0 Å². The number of pyridine rings is 1. The predicted octanol–water partition coefficient (Wildman–Crippen LogP) is 2.89. The van der Waals surface area contributed by atoms with Gasteiger partial charge in [0, 0.05) is 6.07 Å². The van der Waals surface area contributed by atoms with Gasteiger partial charge in [-0.15, -0.1) is 5.10 Å². The lowest BCUT2D eigenvalue weighted by molar-refractivity contribution is 0.392. The van der Waals surface area contributed by atoms with E-state index in [1.165, 1.54) is 11.3 Å². The van der Waals surface area contributed by atoms with E-state index in [9.17, 15) is 0 Å². The number of halogens is 1. The number of aromatic nitrogens is 5. The fourth-order valence-electron chi connectivity index (χ4n) is 2.28. The molecule has 4 aromatic heterocycles. The molecule has 0 bridgehead atoms. The van der Waals surface area contributed by atoms with Gasteiger partial charge in [0.1, 0.15) is 28.4 Å². The van der Waals surface area contributed by atoms with E-state index in [2.05, 4.69) is 31.1 Å². The van der Waals surface area contributed by atoms with Gasteiger partial charge in [-0.2, -0.15) is 5.10 Å². The molecule has 0 aliphatic rings. The molecular formula is C13H10BrN5O2S. The van der Waals surface area contributed by atoms with Crippen molar-refractivity contribution in [2.45, 2.75) is 0 Å². The second kappa shape index (κ2) is 4.96. The smallest absolute Gasteiger partial charge is 0.213 e. The summed E-state index contributed by atoms with van der Waals surface area (Å²) >= 11 is 4.84. The molecule has 0 aromatic carbocycles. The van der Waals surface area contributed by atoms with Crippen molar-refractivity contribution in [3.8, 4) is 22.9 Å². The van der Waals surface area contributed by atoms with Gasteiger partial charge in [-0.3, -0.25) is 0 Å². The van der Waals surface area contributed by atoms with Gasteiger partial charge >= 0.3 is 0 Å². The largest absolute Gasteiger partial charge is 0.495 e. The summed E-state index contributed by atoms with van der Waals surface area (Å²) in [5, 5.41) is 8.96. The van der Waals surface area contributed by atoms with Crippen LogP contribution < -0.4 is 9.47 Å². The van der Waals surface area contributed by atoms with Crippen LogP contribution in [0.1, 0.15) is 0 Å². The lowest BCUT2D eigenvalue weighted by atomic mass is 10.3. The Labute approximate surface area is 137 Å². The summed E-state index contributed by atoms with van der Waals surface area (Å²) in [5.74, 6) is 1.37. The summed E-state index contributed by atoms with van der Waals surface area (Å²) in [7, 11) is 3.23. The van der Waals surface area contributed by atoms with Crippen molar-refractivity contribution in [2.24, 2.45) is 0 Å². The normalized spacial score (nSPS) is 11.4. The number of hydrogen-bond acceptors (Lipinski definition) is 6. The molecule has 0 amide bonds. The van der Waals surface area contributed by atoms with Crippen LogP contribution in [-0.4, -0.2) is 38.4 Å². The van der Waals surface area contributed by atoms with Crippen LogP contribution in [0.15, 0.2) is 28.4 Å². The van der Waals surface area contributed by atoms with Gasteiger partial charge in [0.05, 0.1) is 26.6 Å². The fourth-order valence-corrected chi connectivity index (χ4v) is 3.48. The summed E-state index contributed by atoms with van der Waals surface area (Å²) in [4.78, 5) is 5.15. The maximum Gasteiger partial charge on any atom is 0.213 e. The second-order valence-electron chi connectivity index (χ2n) is 4.50. The van der Waals surface area contributed by atoms with E-state index in [1.54, 1.807) is 35.6 Å². The first-order valence-corrected chi connectivity index (χ1v) is 7.92. The molecule has 9 heteroatoms. The van der Waals surface area contributed by atoms with Crippen LogP contribution in [0.5, 0.6) is 11.5 Å². The van der Waals surface area contributed by atoms with E-state index in [0.717, 1.165) is 25.8 Å². The van der Waals surface area contributed by atoms with Crippen LogP contribution in [0.2, 0.25) is 0 Å². The van der Waals surface area contributed by atoms with Gasteiger partial charge in [0.15, 0.2) is 3.92 Å². The van der Waals surface area contributed by atoms with E-state index in [0.29, 0.717) is 11.5 Å². The van der Waals surface area contributed by atoms with Gasteiger partial charge in [0.2, 0.25) is 4.96 Å². The highest BCUT2D eigenvalue weighted by molar-refractivity contribution is 9.11. The zero-order valence-corrected chi connectivity index (χ0v) is 14.1. The van der Waals surface area contributed by atoms with Gasteiger partial charge in [-0.25, -0.2) is 14.0 Å². The van der Waals surface area contributed by atoms with Crippen molar-refractivity contribution < 1.29 is 9.47 Å². The third-order valence-corrected chi connectivity index (χ3v) is 4.65. The van der Waals surface area contributed by atoms with Crippen LogP contribution >= 0.6 is 27.3 Å². The number of methoxy groups -OCH3 is 2. The van der Waals surface area contributed by atoms with Crippen LogP contribution in [-0.2, 0) is 0 Å². The fraction of sp³-hybridized carbons (Fsp3) is 0.154. The van der Waals surface area contributed by atoms with Gasteiger partial charge in [-0.05, 0) is 22.0 Å². The Balaban J connectivity index is 1.95. The number of rotatable bonds is 3. The third-order valence-electron chi connectivity index (χ3n) is 3.29. The number of nitrogens with zero attached hydrogens (tertiary/aromatic N) is 5. The Kier molecular flexibility index (Phi) is 3.05. The van der Waals surface area contributed by atoms with Crippen molar-refractivity contribution in [3.05, 3.63) is 28.4 Å². The molecular weight excluding hydrogens is 370 g/mol. The zero-order chi connectivity index (χ0) is 15.3. The minimum Gasteiger partial charge on any atom is -0.495 e. The molecule has 0 atom stereocenters. The average molecular weight is 380 g/mol. The zero-order valence-electron chi connectivity index (χ0n) is 11.6. The number of fused-ring (bicyclic) bond motifs is 2. The minimum absolute atomic E-state index is 0.675. The predicted molar refractivity (Wildman–Crippen MR) is 85.9 cm³/mol. The Bertz CT molecular complexity index is 989. The van der Waals surface area contributed by atoms with Crippen molar-refractivity contribution in [1.82, 2.24) is 24.2 Å². The summed E-state index contributed by atoms with van der Waals surface area (Å²) in [6.45, 7) is 0. The summed E-state index contributed by atoms with van der Waals surface area (Å²) in [5.41, 5.74) is 2.43. The molecule has 0 aliphatic heterocycles. The molecule has 22 heavy (non-hydrogen) atoms. The van der Waals surface area contributed by atoms with E-state index >= 15 is 0 Å². The van der Waals surface area contributed by atoms with E-state index in [-0.39, 0.29) is 0 Å². The molecule has 4 aromatic rings. The SMILES string of the molecule is COc1cc(OC)c2cc(-c3cnc4sc(Br)nn34)nn2c1. The average Bonchev–Trinajstić information content (AvgIpc) is 3.18. The quantitative estimate of drug-likeness (QED) is 0.547. The Morgan fingerprint density at radius 2 is 2.05 bits per heavy atom. The molecule has 0 saturated carbocycles. The van der Waals surface area contributed by atoms with Crippen molar-refractivity contribution >= 4 is 37.7 Å². The number of ether oxygens (including phenoxy) is 2. The van der Waals surface area contributed by atoms with Gasteiger partial charge in [-0.1, -0.05) is 11.3 Å². The van der Waals surface area contributed by atoms with E-state index in [4.69, 9.17) is 9.47 Å². The van der Waals surface area contributed by atoms with Crippen molar-refractivity contribution in [1.29, 1.82) is 0 Å². The molecule has 112 valence electrons. The van der Waals surface area contributed by atoms with E-state index < -0.39 is 0 Å². The standard InChI is InChI=1S/C13H10BrN5O2S/c1-20-7-3-11(21-2)9-4-8(16-18(9)6-7)10-5-15-13-19(10)17-12(14)22-13/h3-6H,1-2H3. The molecule has 0 N–H and O–H groups in total. The first-order valence-electron chi connectivity index (χ1n) is 6.31. The molecule has 0 aliphatic carbocycles. The first kappa shape index (κ1) is 13.5. The third kappa shape index (κ3) is 1.97. The van der Waals surface area contributed by atoms with Crippen LogP contribution in [0.3, 0.4) is 0 Å². The van der Waals surface area contributed by atoms with E-state index in [1.807, 2.05) is 12.1 Å². The maximum absolute atomic E-state index is 5.41. The summed E-state index contributed by atoms with van der Waals surface area (Å²) in [6, 6.07) is 3.77. The highest BCUT2D eigenvalue weighted by Gasteiger charge is 2.16. The second-order valence-corrected chi connectivity index (χ2v) is 6.73. The molecule has 4 heterocycles. The highest BCUT2D eigenvalue weighted by atomic mass is 79.9. The van der Waals surface area contributed by atoms with Crippen molar-refractivity contribution in [3.63, 3.8) is 0 Å². The van der Waals surface area contributed by atoms with Gasteiger partial charge < -0.3 is 9.47 Å². The maximum atomic E-state index is 5.41. The lowest BCUT2D eigenvalue weighted by Gasteiger charge is -2.05. The molecule has 0 spiro atoms. The molecule has 0 unspecified atom stereocenters. The molecule has 0 fully saturated rings. The highest BCUT2D eigenvalue weighted by Crippen LogP contribution is 2.30. The summed E-state index contributed by atoms with van der Waals surface area (Å²) < 4.78 is 14.9. The molecule has 0 radical (unpaired) electrons. The summed E-state index contributed by atoms with van der Waals surface area (Å²) in [6.07, 6.45) is 3.56. The van der Waals surface area contributed by atoms with Crippen LogP contribution in [0, 0.1) is 0 Å². The van der Waals surface area contributed by atoms with Crippen LogP contribution in [0.4, 0.5) is 0 Å². The number of imidazole rings is 1. The lowest BCUT2D eigenvalue weighted by Crippen LogP contribution is -1.94. The monoisotopic (exact) mass is 379 g/mol. The first-order chi connectivity index (χ1) is 10.7. The van der Waals surface area contributed by atoms with Crippen LogP contribution in [0.25, 0.3) is 21.9 Å².